The van der Waals surface area contributed by atoms with Gasteiger partial charge in [0.25, 0.3) is 0 Å². The van der Waals surface area contributed by atoms with Gasteiger partial charge in [0.15, 0.2) is 0 Å². The van der Waals surface area contributed by atoms with E-state index >= 15 is 0 Å². The number of alkyl carbamates (subject to hydrolysis) is 2. The molecule has 11 nitrogen and oxygen atoms in total. The third-order valence-corrected chi connectivity index (χ3v) is 7.97. The van der Waals surface area contributed by atoms with Crippen molar-refractivity contribution in [2.24, 2.45) is 10.4 Å². The fourth-order valence-corrected chi connectivity index (χ4v) is 5.42. The van der Waals surface area contributed by atoms with Crippen molar-refractivity contribution in [2.45, 2.75) is 119 Å². The second-order valence-corrected chi connectivity index (χ2v) is 18.1. The average molecular weight is 777 g/mol. The molecule has 0 aliphatic carbocycles. The van der Waals surface area contributed by atoms with Gasteiger partial charge >= 0.3 is 18.2 Å². The van der Waals surface area contributed by atoms with E-state index in [4.69, 9.17) is 25.8 Å². The van der Waals surface area contributed by atoms with E-state index < -0.39 is 29.4 Å². The van der Waals surface area contributed by atoms with E-state index in [0.29, 0.717) is 36.6 Å². The van der Waals surface area contributed by atoms with Crippen molar-refractivity contribution in [3.05, 3.63) is 94.0 Å². The minimum Gasteiger partial charge on any atom is -0.444 e. The minimum atomic E-state index is -0.835. The Morgan fingerprint density at radius 2 is 1.33 bits per heavy atom. The van der Waals surface area contributed by atoms with Gasteiger partial charge in [-0.1, -0.05) is 83.5 Å². The van der Waals surface area contributed by atoms with Crippen molar-refractivity contribution in [3.63, 3.8) is 0 Å². The number of hydrogen-bond acceptors (Lipinski definition) is 8. The SMILES string of the molecule is CC(C)(C)CN(Cc1ccc(OC(=O)c2ccc(N=C(NC(=O)OC(C)(C)C)NC(=O)OC(C)(C)C)cc2)cc1Cl)C(=O)CCc1cccc(C(C)(C)C)c1. The molecule has 12 heteroatoms. The predicted octanol–water partition coefficient (Wildman–Crippen LogP) is 9.90. The van der Waals surface area contributed by atoms with Gasteiger partial charge in [-0.2, -0.15) is 0 Å². The van der Waals surface area contributed by atoms with Gasteiger partial charge in [0, 0.05) is 24.5 Å². The van der Waals surface area contributed by atoms with Gasteiger partial charge in [-0.25, -0.2) is 19.4 Å². The normalized spacial score (nSPS) is 11.9. The van der Waals surface area contributed by atoms with E-state index in [1.165, 1.54) is 29.8 Å². The maximum Gasteiger partial charge on any atom is 0.414 e. The third-order valence-electron chi connectivity index (χ3n) is 7.62. The van der Waals surface area contributed by atoms with Crippen LogP contribution >= 0.6 is 11.6 Å². The Morgan fingerprint density at radius 1 is 0.745 bits per heavy atom. The lowest BCUT2D eigenvalue weighted by molar-refractivity contribution is -0.133. The lowest BCUT2D eigenvalue weighted by Crippen LogP contribution is -2.47. The van der Waals surface area contributed by atoms with Crippen molar-refractivity contribution in [1.82, 2.24) is 15.5 Å². The molecular weight excluding hydrogens is 720 g/mol. The van der Waals surface area contributed by atoms with E-state index in [1.54, 1.807) is 59.7 Å². The fourth-order valence-electron chi connectivity index (χ4n) is 5.19. The Kier molecular flexibility index (Phi) is 14.7. The highest BCUT2D eigenvalue weighted by atomic mass is 35.5. The number of carbonyl (C=O) groups excluding carboxylic acids is 4. The zero-order chi connectivity index (χ0) is 41.4. The number of hydrogen-bond donors (Lipinski definition) is 2. The van der Waals surface area contributed by atoms with E-state index in [9.17, 15) is 19.2 Å². The summed E-state index contributed by atoms with van der Waals surface area (Å²) in [4.78, 5) is 57.7. The molecule has 0 saturated heterocycles. The number of esters is 1. The Bertz CT molecular complexity index is 1830. The molecule has 0 heterocycles. The van der Waals surface area contributed by atoms with Crippen LogP contribution in [0.2, 0.25) is 5.02 Å². The largest absolute Gasteiger partial charge is 0.444 e. The number of halogens is 1. The van der Waals surface area contributed by atoms with Crippen LogP contribution in [0.1, 0.15) is 117 Å². The molecule has 55 heavy (non-hydrogen) atoms. The summed E-state index contributed by atoms with van der Waals surface area (Å²) in [6, 6.07) is 19.4. The lowest BCUT2D eigenvalue weighted by Gasteiger charge is -2.30. The van der Waals surface area contributed by atoms with Gasteiger partial charge in [-0.3, -0.25) is 15.4 Å². The first kappa shape index (κ1) is 44.5. The predicted molar refractivity (Wildman–Crippen MR) is 217 cm³/mol. The number of rotatable bonds is 9. The maximum atomic E-state index is 13.6. The molecule has 0 atom stereocenters. The zero-order valence-corrected chi connectivity index (χ0v) is 35.1. The summed E-state index contributed by atoms with van der Waals surface area (Å²) < 4.78 is 16.2. The molecule has 0 bridgehead atoms. The second kappa shape index (κ2) is 18.2. The summed E-state index contributed by atoms with van der Waals surface area (Å²) in [5.74, 6) is -0.608. The molecule has 0 fully saturated rings. The Hall–Kier alpha value is -4.90. The van der Waals surface area contributed by atoms with Gasteiger partial charge in [-0.15, -0.1) is 0 Å². The number of nitrogens with zero attached hydrogens (tertiary/aromatic N) is 2. The summed E-state index contributed by atoms with van der Waals surface area (Å²) in [6.07, 6.45) is -0.674. The number of nitrogens with one attached hydrogen (secondary N) is 2. The first-order valence-corrected chi connectivity index (χ1v) is 18.7. The standard InChI is InChI=1S/C43H57ClN4O7/c1-40(2,3)27-48(35(49)23-16-28-14-13-15-31(24-28)41(4,5)6)26-30-19-22-33(25-34(30)44)53-36(50)29-17-20-32(21-18-29)45-37(46-38(51)54-42(7,8)9)47-39(52)55-43(10,11)12/h13-15,17-22,24-25H,16,23,26-27H2,1-12H3,(H2,45,46,47,51,52). The summed E-state index contributed by atoms with van der Waals surface area (Å²) in [7, 11) is 0. The first-order valence-electron chi connectivity index (χ1n) is 18.3. The van der Waals surface area contributed by atoms with Crippen LogP contribution in [0.5, 0.6) is 5.75 Å². The van der Waals surface area contributed by atoms with Crippen LogP contribution in [0.15, 0.2) is 71.7 Å². The van der Waals surface area contributed by atoms with Crippen molar-refractivity contribution >= 4 is 47.3 Å². The summed E-state index contributed by atoms with van der Waals surface area (Å²) >= 11 is 6.70. The first-order chi connectivity index (χ1) is 25.3. The molecule has 2 N–H and O–H groups in total. The van der Waals surface area contributed by atoms with Crippen LogP contribution in [0, 0.1) is 5.41 Å². The molecule has 3 amide bonds. The second-order valence-electron chi connectivity index (χ2n) is 17.7. The molecule has 0 saturated carbocycles. The average Bonchev–Trinajstić information content (AvgIpc) is 3.02. The van der Waals surface area contributed by atoms with Gasteiger partial charge in [0.1, 0.15) is 17.0 Å². The van der Waals surface area contributed by atoms with E-state index in [-0.39, 0.29) is 34.0 Å². The molecule has 3 aromatic rings. The van der Waals surface area contributed by atoms with Crippen LogP contribution in [0.4, 0.5) is 15.3 Å². The fraction of sp³-hybridized carbons (Fsp3) is 0.465. The zero-order valence-electron chi connectivity index (χ0n) is 34.3. The molecule has 0 aliphatic heterocycles. The van der Waals surface area contributed by atoms with Gasteiger partial charge in [0.05, 0.1) is 11.3 Å². The third kappa shape index (κ3) is 16.2. The van der Waals surface area contributed by atoms with Crippen molar-refractivity contribution < 1.29 is 33.4 Å². The Labute approximate surface area is 331 Å². The summed E-state index contributed by atoms with van der Waals surface area (Å²) in [6.45, 7) is 23.8. The number of aliphatic imine (C=N–C) groups is 1. The Morgan fingerprint density at radius 3 is 1.84 bits per heavy atom. The lowest BCUT2D eigenvalue weighted by atomic mass is 9.86. The molecule has 0 aliphatic rings. The number of ether oxygens (including phenoxy) is 3. The molecule has 3 aromatic carbocycles. The van der Waals surface area contributed by atoms with Crippen LogP contribution in [-0.4, -0.2) is 52.7 Å². The smallest absolute Gasteiger partial charge is 0.414 e. The van der Waals surface area contributed by atoms with Crippen molar-refractivity contribution in [1.29, 1.82) is 0 Å². The number of aryl methyl sites for hydroxylation is 1. The molecule has 0 aromatic heterocycles. The van der Waals surface area contributed by atoms with E-state index in [0.717, 1.165) is 11.1 Å². The molecule has 3 rings (SSSR count). The van der Waals surface area contributed by atoms with Gasteiger partial charge < -0.3 is 19.1 Å². The van der Waals surface area contributed by atoms with Gasteiger partial charge in [0.2, 0.25) is 11.9 Å². The number of carbonyl (C=O) groups is 4. The maximum absolute atomic E-state index is 13.6. The topological polar surface area (TPSA) is 136 Å². The van der Waals surface area contributed by atoms with Gasteiger partial charge in [-0.05, 0) is 112 Å². The highest BCUT2D eigenvalue weighted by Gasteiger charge is 2.24. The number of amides is 3. The summed E-state index contributed by atoms with van der Waals surface area (Å²) in [5, 5.41) is 5.20. The van der Waals surface area contributed by atoms with Crippen LogP contribution in [-0.2, 0) is 32.6 Å². The number of benzene rings is 3. The van der Waals surface area contributed by atoms with E-state index in [2.05, 4.69) is 75.4 Å². The quantitative estimate of drug-likeness (QED) is 0.0956. The molecule has 298 valence electrons. The van der Waals surface area contributed by atoms with Crippen molar-refractivity contribution in [2.75, 3.05) is 6.54 Å². The monoisotopic (exact) mass is 776 g/mol. The number of guanidine groups is 1. The highest BCUT2D eigenvalue weighted by molar-refractivity contribution is 6.31. The van der Waals surface area contributed by atoms with Crippen LogP contribution < -0.4 is 15.4 Å². The van der Waals surface area contributed by atoms with E-state index in [1.807, 2.05) is 11.0 Å². The summed E-state index contributed by atoms with van der Waals surface area (Å²) in [5.41, 5.74) is 1.90. The Balaban J connectivity index is 1.71. The minimum absolute atomic E-state index is 0.0205. The van der Waals surface area contributed by atoms with Crippen molar-refractivity contribution in [3.8, 4) is 5.75 Å². The van der Waals surface area contributed by atoms with Crippen LogP contribution in [0.25, 0.3) is 0 Å². The van der Waals surface area contributed by atoms with Crippen LogP contribution in [0.3, 0.4) is 0 Å². The highest BCUT2D eigenvalue weighted by Crippen LogP contribution is 2.28. The molecule has 0 radical (unpaired) electrons. The molecular formula is C43H57ClN4O7. The molecule has 0 spiro atoms. The molecule has 0 unspecified atom stereocenters.